The molecule has 2 fully saturated rings. The van der Waals surface area contributed by atoms with E-state index in [1.54, 1.807) is 6.33 Å². The van der Waals surface area contributed by atoms with Gasteiger partial charge in [-0.15, -0.1) is 0 Å². The summed E-state index contributed by atoms with van der Waals surface area (Å²) in [5, 5.41) is 0. The molecular formula is C23H32N6O. The monoisotopic (exact) mass is 408 g/mol. The van der Waals surface area contributed by atoms with Crippen LogP contribution in [0.15, 0.2) is 35.6 Å². The average Bonchev–Trinajstić information content (AvgIpc) is 2.95. The van der Waals surface area contributed by atoms with Gasteiger partial charge < -0.3 is 9.47 Å². The van der Waals surface area contributed by atoms with Crippen molar-refractivity contribution in [2.45, 2.75) is 38.4 Å². The highest BCUT2D eigenvalue weighted by molar-refractivity contribution is 5.22. The first-order valence-electron chi connectivity index (χ1n) is 11.3. The van der Waals surface area contributed by atoms with Crippen LogP contribution in [0.25, 0.3) is 0 Å². The number of pyridine rings is 1. The standard InChI is InChI=1S/C23H32N6O/c1-26-5-2-6-27(8-7-26)15-20-3-4-22-21-9-18(14-29(22)23(20)30)12-28(16-21)13-19-10-24-17-25-11-19/h3-4,10-11,17-18,21H,2,5-9,12-16H2,1H3/t18-,21+/m0/s1. The quantitative estimate of drug-likeness (QED) is 0.762. The fourth-order valence-electron chi connectivity index (χ4n) is 5.51. The van der Waals surface area contributed by atoms with Crippen molar-refractivity contribution in [3.63, 3.8) is 0 Å². The minimum absolute atomic E-state index is 0.240. The van der Waals surface area contributed by atoms with Gasteiger partial charge >= 0.3 is 0 Å². The summed E-state index contributed by atoms with van der Waals surface area (Å²) in [5.41, 5.74) is 3.59. The van der Waals surface area contributed by atoms with E-state index < -0.39 is 0 Å². The van der Waals surface area contributed by atoms with Crippen molar-refractivity contribution in [2.75, 3.05) is 46.3 Å². The van der Waals surface area contributed by atoms with Gasteiger partial charge in [-0.1, -0.05) is 6.07 Å². The predicted molar refractivity (Wildman–Crippen MR) is 116 cm³/mol. The maximum Gasteiger partial charge on any atom is 0.255 e. The molecular weight excluding hydrogens is 376 g/mol. The van der Waals surface area contributed by atoms with E-state index in [9.17, 15) is 4.79 Å². The summed E-state index contributed by atoms with van der Waals surface area (Å²) in [4.78, 5) is 29.0. The predicted octanol–water partition coefficient (Wildman–Crippen LogP) is 1.40. The number of hydrogen-bond acceptors (Lipinski definition) is 6. The van der Waals surface area contributed by atoms with Crippen molar-refractivity contribution in [1.29, 1.82) is 0 Å². The van der Waals surface area contributed by atoms with Crippen LogP contribution in [0.4, 0.5) is 0 Å². The van der Waals surface area contributed by atoms with Gasteiger partial charge in [-0.3, -0.25) is 14.6 Å². The van der Waals surface area contributed by atoms with Gasteiger partial charge in [0.1, 0.15) is 6.33 Å². The highest BCUT2D eigenvalue weighted by Gasteiger charge is 2.35. The Morgan fingerprint density at radius 1 is 0.967 bits per heavy atom. The summed E-state index contributed by atoms with van der Waals surface area (Å²) in [6, 6.07) is 4.34. The van der Waals surface area contributed by atoms with Crippen LogP contribution in [0.5, 0.6) is 0 Å². The number of aromatic nitrogens is 3. The molecule has 0 radical (unpaired) electrons. The van der Waals surface area contributed by atoms with Gasteiger partial charge in [-0.25, -0.2) is 9.97 Å². The number of hydrogen-bond donors (Lipinski definition) is 0. The third-order valence-corrected chi connectivity index (χ3v) is 6.98. The van der Waals surface area contributed by atoms with Gasteiger partial charge in [0.25, 0.3) is 5.56 Å². The van der Waals surface area contributed by atoms with Crippen molar-refractivity contribution in [3.8, 4) is 0 Å². The zero-order chi connectivity index (χ0) is 20.5. The maximum absolute atomic E-state index is 13.3. The number of nitrogens with zero attached hydrogens (tertiary/aromatic N) is 6. The Morgan fingerprint density at radius 3 is 2.70 bits per heavy atom. The molecule has 30 heavy (non-hydrogen) atoms. The second kappa shape index (κ2) is 8.57. The lowest BCUT2D eigenvalue weighted by molar-refractivity contribution is 0.114. The van der Waals surface area contributed by atoms with Gasteiger partial charge in [-0.2, -0.15) is 0 Å². The molecule has 3 aliphatic rings. The van der Waals surface area contributed by atoms with E-state index in [1.165, 1.54) is 18.5 Å². The first-order chi connectivity index (χ1) is 14.7. The zero-order valence-corrected chi connectivity index (χ0v) is 17.9. The molecule has 2 aromatic rings. The number of likely N-dealkylation sites (tertiary alicyclic amines) is 1. The molecule has 2 bridgehead atoms. The van der Waals surface area contributed by atoms with Crippen molar-refractivity contribution in [1.82, 2.24) is 29.2 Å². The molecule has 7 nitrogen and oxygen atoms in total. The molecule has 2 aromatic heterocycles. The molecule has 160 valence electrons. The molecule has 0 aliphatic carbocycles. The molecule has 5 rings (SSSR count). The van der Waals surface area contributed by atoms with Crippen LogP contribution in [0.1, 0.15) is 35.6 Å². The summed E-state index contributed by atoms with van der Waals surface area (Å²) >= 11 is 0. The third kappa shape index (κ3) is 4.19. The van der Waals surface area contributed by atoms with E-state index in [-0.39, 0.29) is 5.56 Å². The van der Waals surface area contributed by atoms with Crippen LogP contribution in [-0.2, 0) is 19.6 Å². The van der Waals surface area contributed by atoms with Gasteiger partial charge in [-0.05, 0) is 45.0 Å². The minimum atomic E-state index is 0.240. The minimum Gasteiger partial charge on any atom is -0.312 e. The van der Waals surface area contributed by atoms with Crippen LogP contribution in [0, 0.1) is 5.92 Å². The Morgan fingerprint density at radius 2 is 1.83 bits per heavy atom. The Bertz CT molecular complexity index is 929. The van der Waals surface area contributed by atoms with E-state index >= 15 is 0 Å². The largest absolute Gasteiger partial charge is 0.312 e. The SMILES string of the molecule is CN1CCCN(Cc2ccc3n(c2=O)C[C@H]2C[C@@H]3CN(Cc3cncnc3)C2)CC1. The van der Waals surface area contributed by atoms with Crippen LogP contribution in [0.2, 0.25) is 0 Å². The molecule has 3 aliphatic heterocycles. The summed E-state index contributed by atoms with van der Waals surface area (Å²) in [6.45, 7) is 8.91. The zero-order valence-electron chi connectivity index (χ0n) is 17.9. The molecule has 0 aromatic carbocycles. The van der Waals surface area contributed by atoms with Crippen molar-refractivity contribution < 1.29 is 0 Å². The van der Waals surface area contributed by atoms with Gasteiger partial charge in [0.2, 0.25) is 0 Å². The van der Waals surface area contributed by atoms with E-state index in [1.807, 2.05) is 12.4 Å². The van der Waals surface area contributed by atoms with E-state index in [0.29, 0.717) is 11.8 Å². The summed E-state index contributed by atoms with van der Waals surface area (Å²) < 4.78 is 2.10. The summed E-state index contributed by atoms with van der Waals surface area (Å²) in [5.74, 6) is 0.983. The lowest BCUT2D eigenvalue weighted by Gasteiger charge is -2.43. The molecule has 2 atom stereocenters. The molecule has 0 spiro atoms. The molecule has 0 saturated carbocycles. The highest BCUT2D eigenvalue weighted by atomic mass is 16.1. The topological polar surface area (TPSA) is 57.5 Å². The normalized spacial score (nSPS) is 25.6. The van der Waals surface area contributed by atoms with E-state index in [4.69, 9.17) is 0 Å². The fraction of sp³-hybridized carbons (Fsp3) is 0.609. The smallest absolute Gasteiger partial charge is 0.255 e. The van der Waals surface area contributed by atoms with Crippen LogP contribution in [0.3, 0.4) is 0 Å². The molecule has 0 amide bonds. The van der Waals surface area contributed by atoms with E-state index in [2.05, 4.69) is 48.4 Å². The second-order valence-electron chi connectivity index (χ2n) is 9.37. The Labute approximate surface area is 178 Å². The molecule has 5 heterocycles. The maximum atomic E-state index is 13.3. The van der Waals surface area contributed by atoms with Crippen molar-refractivity contribution in [3.05, 3.63) is 58.0 Å². The number of fused-ring (bicyclic) bond motifs is 4. The number of likely N-dealkylation sites (N-methyl/N-ethyl adjacent to an activating group) is 1. The van der Waals surface area contributed by atoms with Gasteiger partial charge in [0.15, 0.2) is 0 Å². The number of rotatable bonds is 4. The average molecular weight is 409 g/mol. The number of piperidine rings is 1. The first kappa shape index (κ1) is 19.8. The van der Waals surface area contributed by atoms with Crippen LogP contribution < -0.4 is 5.56 Å². The third-order valence-electron chi connectivity index (χ3n) is 6.98. The fourth-order valence-corrected chi connectivity index (χ4v) is 5.51. The first-order valence-corrected chi connectivity index (χ1v) is 11.3. The van der Waals surface area contributed by atoms with Gasteiger partial charge in [0, 0.05) is 80.9 Å². The summed E-state index contributed by atoms with van der Waals surface area (Å²) in [6.07, 6.45) is 7.76. The molecule has 7 heteroatoms. The lowest BCUT2D eigenvalue weighted by Crippen LogP contribution is -2.47. The van der Waals surface area contributed by atoms with Crippen molar-refractivity contribution >= 4 is 0 Å². The Hall–Kier alpha value is -2.09. The molecule has 0 unspecified atom stereocenters. The van der Waals surface area contributed by atoms with Crippen molar-refractivity contribution in [2.24, 2.45) is 5.92 Å². The molecule has 0 N–H and O–H groups in total. The van der Waals surface area contributed by atoms with Crippen LogP contribution >= 0.6 is 0 Å². The lowest BCUT2D eigenvalue weighted by atomic mass is 9.83. The second-order valence-corrected chi connectivity index (χ2v) is 9.37. The Kier molecular flexibility index (Phi) is 5.67. The van der Waals surface area contributed by atoms with Gasteiger partial charge in [0.05, 0.1) is 0 Å². The summed E-state index contributed by atoms with van der Waals surface area (Å²) in [7, 11) is 2.18. The molecule has 2 saturated heterocycles. The highest BCUT2D eigenvalue weighted by Crippen LogP contribution is 2.35. The van der Waals surface area contributed by atoms with E-state index in [0.717, 1.165) is 70.0 Å². The van der Waals surface area contributed by atoms with Crippen LogP contribution in [-0.4, -0.2) is 75.6 Å². The Balaban J connectivity index is 1.31.